The molecule has 0 unspecified atom stereocenters. The standard InChI is InChI=1S/C21H24N4O2/c1-3-4-13-27-18-11-9-17(10-12-18)14-22-24-21(26)15-25-16(2)23-19-7-5-6-8-20(19)25/h5-12,14H,3-4,13,15H2,1-2H3,(H,24,26)/b22-14-. The number of nitrogens with one attached hydrogen (secondary N) is 1. The Labute approximate surface area is 158 Å². The zero-order chi connectivity index (χ0) is 19.1. The van der Waals surface area contributed by atoms with Gasteiger partial charge in [0.2, 0.25) is 0 Å². The number of hydrogen-bond acceptors (Lipinski definition) is 4. The topological polar surface area (TPSA) is 68.5 Å². The van der Waals surface area contributed by atoms with E-state index in [1.807, 2.05) is 60.0 Å². The second-order valence-electron chi connectivity index (χ2n) is 6.30. The number of carbonyl (C=O) groups is 1. The number of benzene rings is 2. The van der Waals surface area contributed by atoms with E-state index in [1.165, 1.54) is 0 Å². The van der Waals surface area contributed by atoms with Crippen molar-refractivity contribution in [2.45, 2.75) is 33.2 Å². The van der Waals surface area contributed by atoms with Crippen LogP contribution in [0.5, 0.6) is 5.75 Å². The number of nitrogens with zero attached hydrogens (tertiary/aromatic N) is 3. The number of fused-ring (bicyclic) bond motifs is 1. The summed E-state index contributed by atoms with van der Waals surface area (Å²) in [5.74, 6) is 1.44. The molecule has 27 heavy (non-hydrogen) atoms. The van der Waals surface area contributed by atoms with Gasteiger partial charge in [0.05, 0.1) is 23.9 Å². The van der Waals surface area contributed by atoms with E-state index in [0.29, 0.717) is 0 Å². The highest BCUT2D eigenvalue weighted by Gasteiger charge is 2.09. The van der Waals surface area contributed by atoms with E-state index < -0.39 is 0 Å². The van der Waals surface area contributed by atoms with Crippen LogP contribution in [-0.2, 0) is 11.3 Å². The van der Waals surface area contributed by atoms with Gasteiger partial charge >= 0.3 is 0 Å². The fraction of sp³-hybridized carbons (Fsp3) is 0.286. The van der Waals surface area contributed by atoms with Crippen molar-refractivity contribution in [1.82, 2.24) is 15.0 Å². The number of ether oxygens (including phenoxy) is 1. The summed E-state index contributed by atoms with van der Waals surface area (Å²) in [7, 11) is 0. The van der Waals surface area contributed by atoms with Crippen LogP contribution in [-0.4, -0.2) is 28.3 Å². The summed E-state index contributed by atoms with van der Waals surface area (Å²) in [4.78, 5) is 16.7. The SMILES string of the molecule is CCCCOc1ccc(/C=N\NC(=O)Cn2c(C)nc3ccccc32)cc1. The van der Waals surface area contributed by atoms with Crippen molar-refractivity contribution in [3.8, 4) is 5.75 Å². The normalized spacial score (nSPS) is 11.2. The lowest BCUT2D eigenvalue weighted by Crippen LogP contribution is -2.23. The van der Waals surface area contributed by atoms with Crippen LogP contribution in [0.15, 0.2) is 53.6 Å². The maximum atomic E-state index is 12.2. The quantitative estimate of drug-likeness (QED) is 0.377. The number of carbonyl (C=O) groups excluding carboxylic acids is 1. The highest BCUT2D eigenvalue weighted by Crippen LogP contribution is 2.15. The molecule has 1 aromatic heterocycles. The predicted molar refractivity (Wildman–Crippen MR) is 107 cm³/mol. The second kappa shape index (κ2) is 8.98. The van der Waals surface area contributed by atoms with Gasteiger partial charge in [-0.3, -0.25) is 4.79 Å². The van der Waals surface area contributed by atoms with Crippen LogP contribution in [0.4, 0.5) is 0 Å². The van der Waals surface area contributed by atoms with Gasteiger partial charge in [0, 0.05) is 0 Å². The summed E-state index contributed by atoms with van der Waals surface area (Å²) in [6.07, 6.45) is 3.77. The van der Waals surface area contributed by atoms with Crippen LogP contribution in [0.2, 0.25) is 0 Å². The van der Waals surface area contributed by atoms with Gasteiger partial charge in [-0.1, -0.05) is 25.5 Å². The summed E-state index contributed by atoms with van der Waals surface area (Å²) in [5.41, 5.74) is 5.28. The average molecular weight is 364 g/mol. The number of rotatable bonds is 8. The smallest absolute Gasteiger partial charge is 0.260 e. The van der Waals surface area contributed by atoms with Crippen molar-refractivity contribution < 1.29 is 9.53 Å². The van der Waals surface area contributed by atoms with Gasteiger partial charge < -0.3 is 9.30 Å². The molecule has 1 amide bonds. The molecule has 0 spiro atoms. The van der Waals surface area contributed by atoms with E-state index in [4.69, 9.17) is 4.74 Å². The third-order valence-corrected chi connectivity index (χ3v) is 4.20. The zero-order valence-corrected chi connectivity index (χ0v) is 15.7. The van der Waals surface area contributed by atoms with Crippen LogP contribution < -0.4 is 10.2 Å². The Kier molecular flexibility index (Phi) is 6.20. The van der Waals surface area contributed by atoms with Crippen molar-refractivity contribution in [1.29, 1.82) is 0 Å². The van der Waals surface area contributed by atoms with Crippen LogP contribution in [0, 0.1) is 6.92 Å². The molecular formula is C21H24N4O2. The van der Waals surface area contributed by atoms with Crippen LogP contribution >= 0.6 is 0 Å². The first-order valence-electron chi connectivity index (χ1n) is 9.14. The first-order valence-corrected chi connectivity index (χ1v) is 9.14. The Morgan fingerprint density at radius 3 is 2.78 bits per heavy atom. The lowest BCUT2D eigenvalue weighted by atomic mass is 10.2. The third kappa shape index (κ3) is 4.94. The van der Waals surface area contributed by atoms with E-state index in [0.717, 1.165) is 47.6 Å². The molecule has 2 aromatic carbocycles. The molecule has 0 fully saturated rings. The van der Waals surface area contributed by atoms with E-state index in [9.17, 15) is 4.79 Å². The molecule has 6 heteroatoms. The number of para-hydroxylation sites is 2. The van der Waals surface area contributed by atoms with Gasteiger partial charge in [0.15, 0.2) is 0 Å². The van der Waals surface area contributed by atoms with Gasteiger partial charge in [0.25, 0.3) is 5.91 Å². The molecule has 140 valence electrons. The van der Waals surface area contributed by atoms with Gasteiger partial charge in [0.1, 0.15) is 18.1 Å². The Balaban J connectivity index is 1.54. The molecule has 0 radical (unpaired) electrons. The van der Waals surface area contributed by atoms with Crippen molar-refractivity contribution in [3.63, 3.8) is 0 Å². The predicted octanol–water partition coefficient (Wildman–Crippen LogP) is 3.67. The van der Waals surface area contributed by atoms with Gasteiger partial charge in [-0.2, -0.15) is 5.10 Å². The van der Waals surface area contributed by atoms with Gasteiger partial charge in [-0.05, 0) is 55.3 Å². The Bertz CT molecular complexity index is 929. The molecule has 0 aliphatic heterocycles. The molecule has 0 bridgehead atoms. The largest absolute Gasteiger partial charge is 0.494 e. The number of aromatic nitrogens is 2. The number of amides is 1. The summed E-state index contributed by atoms with van der Waals surface area (Å²) in [6, 6.07) is 15.4. The van der Waals surface area contributed by atoms with Crippen LogP contribution in [0.1, 0.15) is 31.2 Å². The highest BCUT2D eigenvalue weighted by molar-refractivity contribution is 5.84. The minimum absolute atomic E-state index is 0.174. The molecule has 0 atom stereocenters. The molecule has 3 aromatic rings. The number of hydrazone groups is 1. The highest BCUT2D eigenvalue weighted by atomic mass is 16.5. The molecule has 1 heterocycles. The summed E-state index contributed by atoms with van der Waals surface area (Å²) < 4.78 is 7.50. The van der Waals surface area contributed by atoms with Gasteiger partial charge in [-0.15, -0.1) is 0 Å². The van der Waals surface area contributed by atoms with Crippen LogP contribution in [0.3, 0.4) is 0 Å². The number of hydrogen-bond donors (Lipinski definition) is 1. The maximum absolute atomic E-state index is 12.2. The average Bonchev–Trinajstić information content (AvgIpc) is 2.99. The van der Waals surface area contributed by atoms with Crippen molar-refractivity contribution in [2.75, 3.05) is 6.61 Å². The van der Waals surface area contributed by atoms with E-state index in [1.54, 1.807) is 6.21 Å². The molecule has 6 nitrogen and oxygen atoms in total. The van der Waals surface area contributed by atoms with Crippen molar-refractivity contribution in [3.05, 3.63) is 59.9 Å². The maximum Gasteiger partial charge on any atom is 0.260 e. The lowest BCUT2D eigenvalue weighted by molar-refractivity contribution is -0.121. The first-order chi connectivity index (χ1) is 13.2. The summed E-state index contributed by atoms with van der Waals surface area (Å²) >= 11 is 0. The summed E-state index contributed by atoms with van der Waals surface area (Å²) in [6.45, 7) is 4.92. The Morgan fingerprint density at radius 2 is 2.00 bits per heavy atom. The lowest BCUT2D eigenvalue weighted by Gasteiger charge is -2.06. The minimum atomic E-state index is -0.197. The number of aryl methyl sites for hydroxylation is 1. The monoisotopic (exact) mass is 364 g/mol. The number of imidazole rings is 1. The first kappa shape index (κ1) is 18.6. The Hall–Kier alpha value is -3.15. The van der Waals surface area contributed by atoms with Crippen molar-refractivity contribution >= 4 is 23.2 Å². The fourth-order valence-electron chi connectivity index (χ4n) is 2.74. The minimum Gasteiger partial charge on any atom is -0.494 e. The summed E-state index contributed by atoms with van der Waals surface area (Å²) in [5, 5.41) is 4.04. The van der Waals surface area contributed by atoms with E-state index in [2.05, 4.69) is 22.4 Å². The molecule has 0 saturated heterocycles. The van der Waals surface area contributed by atoms with Crippen LogP contribution in [0.25, 0.3) is 11.0 Å². The fourth-order valence-corrected chi connectivity index (χ4v) is 2.74. The molecule has 3 rings (SSSR count). The third-order valence-electron chi connectivity index (χ3n) is 4.20. The molecule has 0 saturated carbocycles. The van der Waals surface area contributed by atoms with E-state index >= 15 is 0 Å². The number of unbranched alkanes of at least 4 members (excludes halogenated alkanes) is 1. The molecule has 1 N–H and O–H groups in total. The van der Waals surface area contributed by atoms with Gasteiger partial charge in [-0.25, -0.2) is 10.4 Å². The molecule has 0 aliphatic carbocycles. The second-order valence-corrected chi connectivity index (χ2v) is 6.30. The zero-order valence-electron chi connectivity index (χ0n) is 15.7. The molecular weight excluding hydrogens is 340 g/mol. The Morgan fingerprint density at radius 1 is 1.22 bits per heavy atom. The molecule has 0 aliphatic rings. The van der Waals surface area contributed by atoms with Crippen molar-refractivity contribution in [2.24, 2.45) is 5.10 Å². The van der Waals surface area contributed by atoms with E-state index in [-0.39, 0.29) is 12.5 Å².